The monoisotopic (exact) mass is 475 g/mol. The quantitative estimate of drug-likeness (QED) is 0.381. The fraction of sp³-hybridized carbons (Fsp3) is 0.200. The number of anilines is 2. The number of sulfonamides is 1. The van der Waals surface area contributed by atoms with E-state index in [9.17, 15) is 18.5 Å². The summed E-state index contributed by atoms with van der Waals surface area (Å²) in [5, 5.41) is 12.1. The van der Waals surface area contributed by atoms with E-state index in [4.69, 9.17) is 0 Å². The molecule has 1 heterocycles. The minimum absolute atomic E-state index is 0.000656. The summed E-state index contributed by atoms with van der Waals surface area (Å²) in [6, 6.07) is 16.7. The lowest BCUT2D eigenvalue weighted by atomic mass is 10.0. The van der Waals surface area contributed by atoms with Gasteiger partial charge < -0.3 is 5.32 Å². The van der Waals surface area contributed by atoms with Crippen molar-refractivity contribution in [3.8, 4) is 6.07 Å². The van der Waals surface area contributed by atoms with Crippen LogP contribution in [0.1, 0.15) is 42.4 Å². The molecule has 0 aliphatic rings. The van der Waals surface area contributed by atoms with Gasteiger partial charge in [-0.15, -0.1) is 0 Å². The number of aromatic nitrogens is 2. The van der Waals surface area contributed by atoms with Gasteiger partial charge in [0.25, 0.3) is 15.9 Å². The highest BCUT2D eigenvalue weighted by molar-refractivity contribution is 7.92. The first-order valence-corrected chi connectivity index (χ1v) is 12.0. The smallest absolute Gasteiger partial charge is 0.266 e. The first-order valence-electron chi connectivity index (χ1n) is 10.6. The van der Waals surface area contributed by atoms with Gasteiger partial charge >= 0.3 is 0 Å². The zero-order valence-electron chi connectivity index (χ0n) is 19.3. The lowest BCUT2D eigenvalue weighted by molar-refractivity contribution is -0.112. The number of hydrogen-bond donors (Lipinski definition) is 2. The third-order valence-corrected chi connectivity index (χ3v) is 6.28. The molecule has 9 heteroatoms. The minimum Gasteiger partial charge on any atom is -0.321 e. The molecule has 0 aliphatic carbocycles. The van der Waals surface area contributed by atoms with Gasteiger partial charge in [0, 0.05) is 17.4 Å². The van der Waals surface area contributed by atoms with E-state index in [-0.39, 0.29) is 16.3 Å². The third-order valence-electron chi connectivity index (χ3n) is 4.91. The summed E-state index contributed by atoms with van der Waals surface area (Å²) in [5.41, 5.74) is 2.83. The lowest BCUT2D eigenvalue weighted by Gasteiger charge is -2.10. The van der Waals surface area contributed by atoms with Gasteiger partial charge in [-0.05, 0) is 61.2 Å². The second kappa shape index (κ2) is 10.3. The van der Waals surface area contributed by atoms with Crippen molar-refractivity contribution < 1.29 is 13.2 Å². The van der Waals surface area contributed by atoms with Gasteiger partial charge in [-0.2, -0.15) is 5.26 Å². The summed E-state index contributed by atoms with van der Waals surface area (Å²) in [7, 11) is -3.88. The summed E-state index contributed by atoms with van der Waals surface area (Å²) >= 11 is 0. The topological polar surface area (TPSA) is 125 Å². The fourth-order valence-electron chi connectivity index (χ4n) is 3.17. The molecule has 0 unspecified atom stereocenters. The number of hydrogen-bond acceptors (Lipinski definition) is 6. The maximum absolute atomic E-state index is 12.7. The van der Waals surface area contributed by atoms with E-state index in [1.54, 1.807) is 13.8 Å². The maximum Gasteiger partial charge on any atom is 0.266 e. The first kappa shape index (κ1) is 24.6. The van der Waals surface area contributed by atoms with Gasteiger partial charge in [0.15, 0.2) is 0 Å². The molecule has 34 heavy (non-hydrogen) atoms. The average Bonchev–Trinajstić information content (AvgIpc) is 2.77. The van der Waals surface area contributed by atoms with Crippen LogP contribution in [0.4, 0.5) is 11.5 Å². The van der Waals surface area contributed by atoms with E-state index in [1.165, 1.54) is 36.4 Å². The van der Waals surface area contributed by atoms with Gasteiger partial charge in [-0.3, -0.25) is 9.52 Å². The Bertz CT molecular complexity index is 1350. The number of rotatable bonds is 7. The van der Waals surface area contributed by atoms with E-state index in [0.717, 1.165) is 11.1 Å². The maximum atomic E-state index is 12.7. The normalized spacial score (nSPS) is 11.7. The van der Waals surface area contributed by atoms with Crippen molar-refractivity contribution in [2.75, 3.05) is 10.0 Å². The average molecular weight is 476 g/mol. The molecule has 2 N–H and O–H groups in total. The molecular formula is C25H25N5O3S. The van der Waals surface area contributed by atoms with Crippen LogP contribution < -0.4 is 10.0 Å². The highest BCUT2D eigenvalue weighted by Gasteiger charge is 2.16. The molecule has 3 rings (SSSR count). The zero-order valence-corrected chi connectivity index (χ0v) is 20.1. The number of amides is 1. The second-order valence-electron chi connectivity index (χ2n) is 8.02. The largest absolute Gasteiger partial charge is 0.321 e. The molecule has 0 radical (unpaired) electrons. The second-order valence-corrected chi connectivity index (χ2v) is 9.70. The van der Waals surface area contributed by atoms with Crippen molar-refractivity contribution in [1.29, 1.82) is 5.26 Å². The molecule has 0 atom stereocenters. The Morgan fingerprint density at radius 2 is 1.68 bits per heavy atom. The van der Waals surface area contributed by atoms with Crippen molar-refractivity contribution in [3.05, 3.63) is 82.8 Å². The molecule has 8 nitrogen and oxygen atoms in total. The molecular weight excluding hydrogens is 450 g/mol. The van der Waals surface area contributed by atoms with Crippen molar-refractivity contribution in [1.82, 2.24) is 9.97 Å². The molecule has 0 spiro atoms. The molecule has 0 bridgehead atoms. The SMILES string of the molecule is Cc1cc(NS(=O)(=O)c2ccc(NC(=O)/C(C#N)=C/c3ccc(C(C)C)cc3)cc2)nc(C)n1. The molecule has 0 saturated heterocycles. The van der Waals surface area contributed by atoms with E-state index in [1.807, 2.05) is 30.3 Å². The molecule has 2 aromatic carbocycles. The first-order chi connectivity index (χ1) is 16.1. The van der Waals surface area contributed by atoms with Crippen molar-refractivity contribution >= 4 is 33.5 Å². The third kappa shape index (κ3) is 6.27. The zero-order chi connectivity index (χ0) is 24.9. The standard InChI is InChI=1S/C25H25N5O3S/c1-16(2)20-7-5-19(6-8-20)14-21(15-26)25(31)29-22-9-11-23(12-10-22)34(32,33)30-24-13-17(3)27-18(4)28-24/h5-14,16H,1-4H3,(H,29,31)(H,27,28,30)/b21-14+. The summed E-state index contributed by atoms with van der Waals surface area (Å²) < 4.78 is 27.8. The van der Waals surface area contributed by atoms with Gasteiger partial charge in [0.1, 0.15) is 23.3 Å². The van der Waals surface area contributed by atoms with Crippen LogP contribution in [-0.2, 0) is 14.8 Å². The van der Waals surface area contributed by atoms with Gasteiger partial charge in [0.2, 0.25) is 0 Å². The molecule has 0 saturated carbocycles. The number of nitriles is 1. The van der Waals surface area contributed by atoms with Crippen LogP contribution in [0.3, 0.4) is 0 Å². The number of nitrogens with one attached hydrogen (secondary N) is 2. The van der Waals surface area contributed by atoms with Crippen LogP contribution in [0.25, 0.3) is 6.08 Å². The number of nitrogens with zero attached hydrogens (tertiary/aromatic N) is 3. The van der Waals surface area contributed by atoms with Crippen LogP contribution in [0, 0.1) is 25.2 Å². The minimum atomic E-state index is -3.88. The van der Waals surface area contributed by atoms with E-state index < -0.39 is 15.9 Å². The van der Waals surface area contributed by atoms with Gasteiger partial charge in [0.05, 0.1) is 4.90 Å². The van der Waals surface area contributed by atoms with Gasteiger partial charge in [-0.25, -0.2) is 18.4 Å². The van der Waals surface area contributed by atoms with Crippen LogP contribution in [0.15, 0.2) is 65.1 Å². The molecule has 1 amide bonds. The lowest BCUT2D eigenvalue weighted by Crippen LogP contribution is -2.16. The summed E-state index contributed by atoms with van der Waals surface area (Å²) in [4.78, 5) is 20.8. The van der Waals surface area contributed by atoms with Crippen molar-refractivity contribution in [2.24, 2.45) is 0 Å². The van der Waals surface area contributed by atoms with Crippen molar-refractivity contribution in [2.45, 2.75) is 38.5 Å². The van der Waals surface area contributed by atoms with E-state index in [2.05, 4.69) is 33.9 Å². The molecule has 0 fully saturated rings. The summed E-state index contributed by atoms with van der Waals surface area (Å²) in [5.74, 6) is 0.421. The van der Waals surface area contributed by atoms with Crippen LogP contribution in [0.5, 0.6) is 0 Å². The number of carbonyl (C=O) groups excluding carboxylic acids is 1. The predicted octanol–water partition coefficient (Wildman–Crippen LogP) is 4.56. The Hall–Kier alpha value is -4.03. The number of carbonyl (C=O) groups is 1. The highest BCUT2D eigenvalue weighted by atomic mass is 32.2. The van der Waals surface area contributed by atoms with Crippen molar-refractivity contribution in [3.63, 3.8) is 0 Å². The summed E-state index contributed by atoms with van der Waals surface area (Å²) in [6.07, 6.45) is 1.51. The number of benzene rings is 2. The van der Waals surface area contributed by atoms with E-state index in [0.29, 0.717) is 23.1 Å². The Balaban J connectivity index is 1.72. The highest BCUT2D eigenvalue weighted by Crippen LogP contribution is 2.19. The Morgan fingerprint density at radius 3 is 2.24 bits per heavy atom. The summed E-state index contributed by atoms with van der Waals surface area (Å²) in [6.45, 7) is 7.59. The van der Waals surface area contributed by atoms with Gasteiger partial charge in [-0.1, -0.05) is 38.1 Å². The molecule has 174 valence electrons. The van der Waals surface area contributed by atoms with Crippen LogP contribution >= 0.6 is 0 Å². The van der Waals surface area contributed by atoms with Crippen LogP contribution in [0.2, 0.25) is 0 Å². The Kier molecular flexibility index (Phi) is 7.44. The number of aryl methyl sites for hydroxylation is 2. The predicted molar refractivity (Wildman–Crippen MR) is 132 cm³/mol. The Morgan fingerprint density at radius 1 is 1.03 bits per heavy atom. The molecule has 1 aromatic heterocycles. The molecule has 3 aromatic rings. The molecule has 0 aliphatic heterocycles. The van der Waals surface area contributed by atoms with E-state index >= 15 is 0 Å². The van der Waals surface area contributed by atoms with Crippen LogP contribution in [-0.4, -0.2) is 24.3 Å². The fourth-order valence-corrected chi connectivity index (χ4v) is 4.17. The Labute approximate surface area is 199 Å².